The maximum atomic E-state index is 12.8. The van der Waals surface area contributed by atoms with Crippen LogP contribution in [-0.2, 0) is 16.1 Å². The van der Waals surface area contributed by atoms with E-state index in [1.54, 1.807) is 25.1 Å². The molecule has 0 aliphatic carbocycles. The molecule has 0 radical (unpaired) electrons. The van der Waals surface area contributed by atoms with Crippen LogP contribution < -0.4 is 16.2 Å². The molecule has 3 amide bonds. The highest BCUT2D eigenvalue weighted by molar-refractivity contribution is 8.00. The summed E-state index contributed by atoms with van der Waals surface area (Å²) < 4.78 is 6.51. The van der Waals surface area contributed by atoms with Crippen molar-refractivity contribution in [3.05, 3.63) is 33.6 Å². The molecule has 8 nitrogen and oxygen atoms in total. The maximum absolute atomic E-state index is 12.8. The fraction of sp³-hybridized carbons (Fsp3) is 0.375. The van der Waals surface area contributed by atoms with Gasteiger partial charge in [0.2, 0.25) is 5.91 Å². The molecular weight excluding hydrogens is 380 g/mol. The van der Waals surface area contributed by atoms with Crippen molar-refractivity contribution in [2.45, 2.75) is 23.9 Å². The van der Waals surface area contributed by atoms with Crippen LogP contribution in [0.1, 0.15) is 6.92 Å². The Balaban J connectivity index is 2.41. The third-order valence-corrected chi connectivity index (χ3v) is 4.84. The van der Waals surface area contributed by atoms with Gasteiger partial charge in [0.1, 0.15) is 0 Å². The third-order valence-electron chi connectivity index (χ3n) is 3.52. The van der Waals surface area contributed by atoms with Crippen molar-refractivity contribution < 1.29 is 14.3 Å². The summed E-state index contributed by atoms with van der Waals surface area (Å²) in [4.78, 5) is 40.7. The van der Waals surface area contributed by atoms with Crippen LogP contribution in [0.3, 0.4) is 0 Å². The van der Waals surface area contributed by atoms with Gasteiger partial charge >= 0.3 is 6.03 Å². The Morgan fingerprint density at radius 1 is 1.42 bits per heavy atom. The lowest BCUT2D eigenvalue weighted by Crippen LogP contribution is -2.41. The molecule has 140 valence electrons. The summed E-state index contributed by atoms with van der Waals surface area (Å²) in [7, 11) is 2.95. The van der Waals surface area contributed by atoms with E-state index >= 15 is 0 Å². The molecule has 10 heteroatoms. The minimum Gasteiger partial charge on any atom is -0.383 e. The predicted octanol–water partition coefficient (Wildman–Crippen LogP) is 1.63. The summed E-state index contributed by atoms with van der Waals surface area (Å²) in [5, 5.41) is 5.10. The molecular formula is C16H19ClN4O4S. The van der Waals surface area contributed by atoms with Crippen molar-refractivity contribution in [2.24, 2.45) is 0 Å². The van der Waals surface area contributed by atoms with Crippen LogP contribution in [0.15, 0.2) is 28.2 Å². The minimum atomic E-state index is -0.648. The highest BCUT2D eigenvalue weighted by atomic mass is 35.5. The summed E-state index contributed by atoms with van der Waals surface area (Å²) in [5.41, 5.74) is 0.197. The van der Waals surface area contributed by atoms with Crippen molar-refractivity contribution in [3.8, 4) is 0 Å². The molecule has 1 atom stereocenters. The van der Waals surface area contributed by atoms with Crippen molar-refractivity contribution in [3.63, 3.8) is 0 Å². The Bertz CT molecular complexity index is 886. The van der Waals surface area contributed by atoms with Gasteiger partial charge in [0, 0.05) is 19.2 Å². The number of hydrogen-bond donors (Lipinski definition) is 2. The van der Waals surface area contributed by atoms with E-state index in [1.165, 1.54) is 18.7 Å². The zero-order chi connectivity index (χ0) is 19.3. The first-order valence-electron chi connectivity index (χ1n) is 7.75. The van der Waals surface area contributed by atoms with Crippen molar-refractivity contribution in [1.82, 2.24) is 20.2 Å². The molecule has 1 aromatic heterocycles. The van der Waals surface area contributed by atoms with Gasteiger partial charge in [-0.05, 0) is 25.1 Å². The molecule has 0 fully saturated rings. The number of carbonyl (C=O) groups excluding carboxylic acids is 2. The van der Waals surface area contributed by atoms with Crippen molar-refractivity contribution >= 4 is 46.2 Å². The Hall–Kier alpha value is -2.10. The van der Waals surface area contributed by atoms with Crippen LogP contribution in [0.5, 0.6) is 0 Å². The number of ether oxygens (including phenoxy) is 1. The monoisotopic (exact) mass is 398 g/mol. The molecule has 1 heterocycles. The average molecular weight is 399 g/mol. The van der Waals surface area contributed by atoms with E-state index in [0.29, 0.717) is 27.7 Å². The number of benzene rings is 1. The first-order chi connectivity index (χ1) is 12.4. The summed E-state index contributed by atoms with van der Waals surface area (Å²) in [6, 6.07) is 4.24. The Labute approximate surface area is 159 Å². The Morgan fingerprint density at radius 3 is 2.81 bits per heavy atom. The molecule has 2 rings (SSSR count). The van der Waals surface area contributed by atoms with E-state index < -0.39 is 17.2 Å². The molecule has 2 aromatic rings. The molecule has 0 bridgehead atoms. The van der Waals surface area contributed by atoms with Gasteiger partial charge in [0.05, 0.1) is 29.3 Å². The molecule has 0 saturated heterocycles. The van der Waals surface area contributed by atoms with E-state index in [9.17, 15) is 14.4 Å². The smallest absolute Gasteiger partial charge is 0.321 e. The average Bonchev–Trinajstić information content (AvgIpc) is 2.60. The number of nitrogens with one attached hydrogen (secondary N) is 2. The fourth-order valence-corrected chi connectivity index (χ4v) is 3.23. The second-order valence-electron chi connectivity index (χ2n) is 5.33. The third kappa shape index (κ3) is 4.75. The predicted molar refractivity (Wildman–Crippen MR) is 101 cm³/mol. The van der Waals surface area contributed by atoms with Gasteiger partial charge in [-0.2, -0.15) is 0 Å². The van der Waals surface area contributed by atoms with Crippen LogP contribution in [-0.4, -0.2) is 47.5 Å². The highest BCUT2D eigenvalue weighted by Crippen LogP contribution is 2.24. The van der Waals surface area contributed by atoms with Gasteiger partial charge < -0.3 is 10.1 Å². The number of nitrogens with zero attached hydrogens (tertiary/aromatic N) is 2. The largest absolute Gasteiger partial charge is 0.383 e. The van der Waals surface area contributed by atoms with Crippen LogP contribution >= 0.6 is 23.4 Å². The van der Waals surface area contributed by atoms with Gasteiger partial charge in [-0.15, -0.1) is 0 Å². The number of carbonyl (C=O) groups is 2. The zero-order valence-corrected chi connectivity index (χ0v) is 16.1. The SMILES string of the molecule is CNC(=O)NC(=O)C(C)Sc1nc2cc(Cl)ccc2c(=O)n1CCOC. The molecule has 0 spiro atoms. The maximum Gasteiger partial charge on any atom is 0.321 e. The Morgan fingerprint density at radius 2 is 2.15 bits per heavy atom. The van der Waals surface area contributed by atoms with Crippen LogP contribution in [0.25, 0.3) is 10.9 Å². The van der Waals surface area contributed by atoms with Gasteiger partial charge in [0.25, 0.3) is 5.56 Å². The number of methoxy groups -OCH3 is 1. The molecule has 1 unspecified atom stereocenters. The summed E-state index contributed by atoms with van der Waals surface area (Å²) in [6.07, 6.45) is 0. The second-order valence-corrected chi connectivity index (χ2v) is 7.08. The molecule has 26 heavy (non-hydrogen) atoms. The number of amides is 3. The first kappa shape index (κ1) is 20.2. The second kappa shape index (κ2) is 9.02. The van der Waals surface area contributed by atoms with E-state index in [4.69, 9.17) is 16.3 Å². The van der Waals surface area contributed by atoms with E-state index in [1.807, 2.05) is 0 Å². The van der Waals surface area contributed by atoms with Gasteiger partial charge in [-0.3, -0.25) is 19.5 Å². The number of fused-ring (bicyclic) bond motifs is 1. The van der Waals surface area contributed by atoms with E-state index in [2.05, 4.69) is 15.6 Å². The number of urea groups is 1. The normalized spacial score (nSPS) is 12.0. The van der Waals surface area contributed by atoms with Gasteiger partial charge in [-0.1, -0.05) is 23.4 Å². The zero-order valence-electron chi connectivity index (χ0n) is 14.5. The van der Waals surface area contributed by atoms with E-state index in [-0.39, 0.29) is 12.1 Å². The van der Waals surface area contributed by atoms with Crippen LogP contribution in [0.2, 0.25) is 5.02 Å². The number of rotatable bonds is 6. The number of aromatic nitrogens is 2. The number of imide groups is 1. The molecule has 0 aliphatic heterocycles. The summed E-state index contributed by atoms with van der Waals surface area (Å²) in [5.74, 6) is -0.493. The molecule has 0 saturated carbocycles. The summed E-state index contributed by atoms with van der Waals surface area (Å²) >= 11 is 7.07. The van der Waals surface area contributed by atoms with Crippen LogP contribution in [0, 0.1) is 0 Å². The first-order valence-corrected chi connectivity index (χ1v) is 9.01. The van der Waals surface area contributed by atoms with Crippen molar-refractivity contribution in [1.29, 1.82) is 0 Å². The number of thioether (sulfide) groups is 1. The number of halogens is 1. The van der Waals surface area contributed by atoms with Gasteiger partial charge in [0.15, 0.2) is 5.16 Å². The lowest BCUT2D eigenvalue weighted by atomic mass is 10.2. The standard InChI is InChI=1S/C16H19ClN4O4S/c1-9(13(22)20-15(24)18-2)26-16-19-12-8-10(17)4-5-11(12)14(23)21(16)6-7-25-3/h4-5,8-9H,6-7H2,1-3H3,(H2,18,20,22,24). The summed E-state index contributed by atoms with van der Waals surface area (Å²) in [6.45, 7) is 2.22. The highest BCUT2D eigenvalue weighted by Gasteiger charge is 2.20. The lowest BCUT2D eigenvalue weighted by molar-refractivity contribution is -0.119. The topological polar surface area (TPSA) is 102 Å². The molecule has 2 N–H and O–H groups in total. The quantitative estimate of drug-likeness (QED) is 0.566. The fourth-order valence-electron chi connectivity index (χ4n) is 2.13. The number of hydrogen-bond acceptors (Lipinski definition) is 6. The van der Waals surface area contributed by atoms with Gasteiger partial charge in [-0.25, -0.2) is 9.78 Å². The molecule has 1 aromatic carbocycles. The van der Waals surface area contributed by atoms with Crippen LogP contribution in [0.4, 0.5) is 4.79 Å². The lowest BCUT2D eigenvalue weighted by Gasteiger charge is -2.16. The Kier molecular flexibility index (Phi) is 7.01. The minimum absolute atomic E-state index is 0.245. The van der Waals surface area contributed by atoms with E-state index in [0.717, 1.165) is 11.8 Å². The van der Waals surface area contributed by atoms with Crippen molar-refractivity contribution in [2.75, 3.05) is 20.8 Å². The molecule has 0 aliphatic rings.